The van der Waals surface area contributed by atoms with Crippen molar-refractivity contribution < 1.29 is 19.4 Å². The molecule has 2 aromatic carbocycles. The van der Waals surface area contributed by atoms with Gasteiger partial charge in [0.15, 0.2) is 5.13 Å². The average Bonchev–Trinajstić information content (AvgIpc) is 3.51. The standard InChI is InChI=1S/C29H32N4O4S/c1-32(2)25(34)16-33-24-15-19(28(35)36)9-14-22(24)26(18-7-5-4-6-8-18)27(33)23-17-38-29(31-23)30-20-10-12-21(37-3)13-11-20/h9-15,17-18H,4-8,16H2,1-3H3,(H,30,31)(H,35,36). The number of likely N-dealkylation sites (N-methyl/N-ethyl adjacent to an activating group) is 1. The van der Waals surface area contributed by atoms with E-state index in [0.717, 1.165) is 64.5 Å². The van der Waals surface area contributed by atoms with E-state index in [1.54, 1.807) is 38.2 Å². The molecule has 2 aromatic heterocycles. The number of carbonyl (C=O) groups excluding carboxylic acids is 1. The van der Waals surface area contributed by atoms with Crippen LogP contribution in [0.15, 0.2) is 47.8 Å². The SMILES string of the molecule is COc1ccc(Nc2nc(-c3c(C4CCCCC4)c4ccc(C(=O)O)cc4n3CC(=O)N(C)C)cs2)cc1. The number of hydrogen-bond acceptors (Lipinski definition) is 6. The molecule has 9 heteroatoms. The molecule has 0 atom stereocenters. The first-order valence-corrected chi connectivity index (χ1v) is 13.7. The number of anilines is 2. The normalized spacial score (nSPS) is 14.0. The van der Waals surface area contributed by atoms with Crippen LogP contribution in [0.2, 0.25) is 0 Å². The first-order valence-electron chi connectivity index (χ1n) is 12.8. The molecule has 0 unspecified atom stereocenters. The molecule has 5 rings (SSSR count). The van der Waals surface area contributed by atoms with Crippen LogP contribution in [-0.2, 0) is 11.3 Å². The Morgan fingerprint density at radius 2 is 1.87 bits per heavy atom. The lowest BCUT2D eigenvalue weighted by Crippen LogP contribution is -2.26. The first kappa shape index (κ1) is 25.8. The van der Waals surface area contributed by atoms with Crippen molar-refractivity contribution in [3.63, 3.8) is 0 Å². The van der Waals surface area contributed by atoms with E-state index in [1.165, 1.54) is 23.3 Å². The second-order valence-corrected chi connectivity index (χ2v) is 10.8. The molecule has 0 aliphatic heterocycles. The third-order valence-electron chi connectivity index (χ3n) is 7.24. The minimum absolute atomic E-state index is 0.0640. The predicted octanol–water partition coefficient (Wildman–Crippen LogP) is 6.35. The number of amides is 1. The van der Waals surface area contributed by atoms with E-state index in [2.05, 4.69) is 5.32 Å². The molecule has 1 saturated carbocycles. The zero-order chi connectivity index (χ0) is 26.8. The molecule has 0 saturated heterocycles. The summed E-state index contributed by atoms with van der Waals surface area (Å²) in [7, 11) is 5.11. The third-order valence-corrected chi connectivity index (χ3v) is 8.00. The molecule has 2 heterocycles. The molecular formula is C29H32N4O4S. The van der Waals surface area contributed by atoms with Crippen molar-refractivity contribution in [2.75, 3.05) is 26.5 Å². The van der Waals surface area contributed by atoms with Crippen LogP contribution >= 0.6 is 11.3 Å². The summed E-state index contributed by atoms with van der Waals surface area (Å²) in [5.74, 6) is 0.0560. The van der Waals surface area contributed by atoms with Gasteiger partial charge in [-0.05, 0) is 60.7 Å². The highest BCUT2D eigenvalue weighted by Gasteiger charge is 2.29. The van der Waals surface area contributed by atoms with Gasteiger partial charge in [0.05, 0.1) is 23.9 Å². The van der Waals surface area contributed by atoms with Gasteiger partial charge >= 0.3 is 5.97 Å². The van der Waals surface area contributed by atoms with Crippen LogP contribution in [0.1, 0.15) is 53.9 Å². The number of aromatic nitrogens is 2. The van der Waals surface area contributed by atoms with E-state index >= 15 is 0 Å². The molecular weight excluding hydrogens is 500 g/mol. The highest BCUT2D eigenvalue weighted by atomic mass is 32.1. The molecule has 1 aliphatic rings. The third kappa shape index (κ3) is 5.11. The lowest BCUT2D eigenvalue weighted by atomic mass is 9.82. The highest BCUT2D eigenvalue weighted by Crippen LogP contribution is 2.45. The number of rotatable bonds is 8. The number of methoxy groups -OCH3 is 1. The van der Waals surface area contributed by atoms with Crippen LogP contribution in [0.25, 0.3) is 22.3 Å². The molecule has 2 N–H and O–H groups in total. The fourth-order valence-electron chi connectivity index (χ4n) is 5.27. The number of carboxylic acids is 1. The van der Waals surface area contributed by atoms with Crippen molar-refractivity contribution >= 4 is 44.9 Å². The lowest BCUT2D eigenvalue weighted by Gasteiger charge is -2.23. The largest absolute Gasteiger partial charge is 0.497 e. The van der Waals surface area contributed by atoms with E-state index in [4.69, 9.17) is 9.72 Å². The van der Waals surface area contributed by atoms with Gasteiger partial charge < -0.3 is 24.6 Å². The van der Waals surface area contributed by atoms with Gasteiger partial charge in [-0.25, -0.2) is 9.78 Å². The Balaban J connectivity index is 1.66. The van der Waals surface area contributed by atoms with Crippen LogP contribution in [0.3, 0.4) is 0 Å². The van der Waals surface area contributed by atoms with Gasteiger partial charge in [-0.3, -0.25) is 4.79 Å². The molecule has 38 heavy (non-hydrogen) atoms. The Morgan fingerprint density at radius 3 is 2.53 bits per heavy atom. The van der Waals surface area contributed by atoms with E-state index in [9.17, 15) is 14.7 Å². The summed E-state index contributed by atoms with van der Waals surface area (Å²) in [5, 5.41) is 16.8. The maximum Gasteiger partial charge on any atom is 0.335 e. The molecule has 8 nitrogen and oxygen atoms in total. The zero-order valence-corrected chi connectivity index (χ0v) is 22.7. The summed E-state index contributed by atoms with van der Waals surface area (Å²) in [6, 6.07) is 12.9. The maximum absolute atomic E-state index is 13.0. The topological polar surface area (TPSA) is 96.7 Å². The minimum Gasteiger partial charge on any atom is -0.497 e. The Kier molecular flexibility index (Phi) is 7.37. The Hall–Kier alpha value is -3.85. The Morgan fingerprint density at radius 1 is 1.13 bits per heavy atom. The number of aromatic carboxylic acids is 1. The molecule has 4 aromatic rings. The van der Waals surface area contributed by atoms with E-state index < -0.39 is 5.97 Å². The van der Waals surface area contributed by atoms with Crippen molar-refractivity contribution in [2.24, 2.45) is 0 Å². The van der Waals surface area contributed by atoms with Crippen molar-refractivity contribution in [3.05, 3.63) is 59.0 Å². The van der Waals surface area contributed by atoms with Crippen LogP contribution in [0.5, 0.6) is 5.75 Å². The van der Waals surface area contributed by atoms with Gasteiger partial charge in [0.25, 0.3) is 0 Å². The summed E-state index contributed by atoms with van der Waals surface area (Å²) in [6.45, 7) is 0.105. The monoisotopic (exact) mass is 532 g/mol. The molecule has 0 spiro atoms. The number of carbonyl (C=O) groups is 2. The van der Waals surface area contributed by atoms with Gasteiger partial charge in [0, 0.05) is 30.5 Å². The predicted molar refractivity (Wildman–Crippen MR) is 151 cm³/mol. The van der Waals surface area contributed by atoms with Gasteiger partial charge in [0.2, 0.25) is 5.91 Å². The van der Waals surface area contributed by atoms with Gasteiger partial charge in [-0.15, -0.1) is 11.3 Å². The van der Waals surface area contributed by atoms with Gasteiger partial charge in [-0.2, -0.15) is 0 Å². The Bertz CT molecular complexity index is 1470. The van der Waals surface area contributed by atoms with Crippen LogP contribution in [0, 0.1) is 0 Å². The maximum atomic E-state index is 13.0. The quantitative estimate of drug-likeness (QED) is 0.274. The lowest BCUT2D eigenvalue weighted by molar-refractivity contribution is -0.129. The summed E-state index contributed by atoms with van der Waals surface area (Å²) in [4.78, 5) is 31.4. The number of fused-ring (bicyclic) bond motifs is 1. The smallest absolute Gasteiger partial charge is 0.335 e. The second kappa shape index (κ2) is 10.9. The van der Waals surface area contributed by atoms with Crippen molar-refractivity contribution in [2.45, 2.75) is 44.6 Å². The number of nitrogens with zero attached hydrogens (tertiary/aromatic N) is 3. The second-order valence-electron chi connectivity index (χ2n) is 9.90. The van der Waals surface area contributed by atoms with Gasteiger partial charge in [-0.1, -0.05) is 25.3 Å². The fraction of sp³-hybridized carbons (Fsp3) is 0.345. The van der Waals surface area contributed by atoms with Gasteiger partial charge in [0.1, 0.15) is 18.0 Å². The number of thiazole rings is 1. The number of nitrogens with one attached hydrogen (secondary N) is 1. The Labute approximate surface area is 225 Å². The molecule has 198 valence electrons. The van der Waals surface area contributed by atoms with Crippen molar-refractivity contribution in [3.8, 4) is 17.1 Å². The molecule has 0 bridgehead atoms. The fourth-order valence-corrected chi connectivity index (χ4v) is 5.98. The molecule has 1 aliphatic carbocycles. The van der Waals surface area contributed by atoms with Crippen molar-refractivity contribution in [1.82, 2.24) is 14.5 Å². The summed E-state index contributed by atoms with van der Waals surface area (Å²) in [6.07, 6.45) is 5.66. The molecule has 0 radical (unpaired) electrons. The van der Waals surface area contributed by atoms with Crippen LogP contribution in [-0.4, -0.2) is 52.6 Å². The number of hydrogen-bond donors (Lipinski definition) is 2. The summed E-state index contributed by atoms with van der Waals surface area (Å²) < 4.78 is 7.23. The zero-order valence-electron chi connectivity index (χ0n) is 21.9. The number of benzene rings is 2. The van der Waals surface area contributed by atoms with E-state index in [0.29, 0.717) is 5.92 Å². The highest BCUT2D eigenvalue weighted by molar-refractivity contribution is 7.14. The minimum atomic E-state index is -0.987. The number of ether oxygens (including phenoxy) is 1. The summed E-state index contributed by atoms with van der Waals surface area (Å²) in [5.41, 5.74) is 4.72. The molecule has 1 amide bonds. The molecule has 1 fully saturated rings. The van der Waals surface area contributed by atoms with E-state index in [-0.39, 0.29) is 18.0 Å². The number of carboxylic acid groups (broad SMARTS) is 1. The van der Waals surface area contributed by atoms with Crippen molar-refractivity contribution in [1.29, 1.82) is 0 Å². The first-order chi connectivity index (χ1) is 18.4. The summed E-state index contributed by atoms with van der Waals surface area (Å²) >= 11 is 1.50. The van der Waals surface area contributed by atoms with Crippen LogP contribution in [0.4, 0.5) is 10.8 Å². The van der Waals surface area contributed by atoms with E-state index in [1.807, 2.05) is 40.3 Å². The average molecular weight is 533 g/mol. The van der Waals surface area contributed by atoms with Crippen LogP contribution < -0.4 is 10.1 Å².